The van der Waals surface area contributed by atoms with Gasteiger partial charge in [-0.1, -0.05) is 5.16 Å². The Morgan fingerprint density at radius 3 is 2.68 bits per heavy atom. The zero-order valence-corrected chi connectivity index (χ0v) is 12.6. The Morgan fingerprint density at radius 2 is 2.05 bits per heavy atom. The molecule has 0 aromatic carbocycles. The van der Waals surface area contributed by atoms with Crippen LogP contribution in [0, 0.1) is 13.8 Å². The van der Waals surface area contributed by atoms with E-state index in [4.69, 9.17) is 8.94 Å². The molecule has 7 nitrogen and oxygen atoms in total. The molecule has 2 aromatic rings. The number of hydrogen-bond acceptors (Lipinski definition) is 5. The minimum absolute atomic E-state index is 0.0544. The maximum absolute atomic E-state index is 11.7. The molecule has 0 aliphatic heterocycles. The summed E-state index contributed by atoms with van der Waals surface area (Å²) in [6.45, 7) is 3.91. The molecule has 0 aliphatic carbocycles. The Morgan fingerprint density at radius 1 is 1.23 bits per heavy atom. The lowest BCUT2D eigenvalue weighted by Crippen LogP contribution is -2.36. The van der Waals surface area contributed by atoms with E-state index in [1.807, 2.05) is 13.8 Å². The third-order valence-corrected chi connectivity index (χ3v) is 3.27. The highest BCUT2D eigenvalue weighted by Gasteiger charge is 2.12. The summed E-state index contributed by atoms with van der Waals surface area (Å²) in [4.78, 5) is 23.3. The van der Waals surface area contributed by atoms with Crippen molar-refractivity contribution < 1.29 is 18.5 Å². The van der Waals surface area contributed by atoms with Gasteiger partial charge >= 0.3 is 0 Å². The first-order valence-electron chi connectivity index (χ1n) is 7.04. The van der Waals surface area contributed by atoms with Crippen LogP contribution in [0.3, 0.4) is 0 Å². The fourth-order valence-corrected chi connectivity index (χ4v) is 2.03. The number of aryl methyl sites for hydroxylation is 2. The molecule has 0 fully saturated rings. The van der Waals surface area contributed by atoms with Crippen LogP contribution in [0.25, 0.3) is 0 Å². The second-order valence-corrected chi connectivity index (χ2v) is 4.94. The third kappa shape index (κ3) is 4.47. The lowest BCUT2D eigenvalue weighted by atomic mass is 10.1. The van der Waals surface area contributed by atoms with E-state index in [-0.39, 0.29) is 24.8 Å². The van der Waals surface area contributed by atoms with E-state index in [1.54, 1.807) is 12.1 Å². The van der Waals surface area contributed by atoms with Crippen LogP contribution in [-0.2, 0) is 22.6 Å². The molecule has 0 radical (unpaired) electrons. The van der Waals surface area contributed by atoms with Crippen molar-refractivity contribution in [1.82, 2.24) is 15.8 Å². The van der Waals surface area contributed by atoms with Crippen molar-refractivity contribution in [2.45, 2.75) is 33.2 Å². The molecule has 2 aromatic heterocycles. The van der Waals surface area contributed by atoms with Crippen molar-refractivity contribution in [2.24, 2.45) is 0 Å². The minimum Gasteiger partial charge on any atom is -0.467 e. The topological polar surface area (TPSA) is 97.4 Å². The second kappa shape index (κ2) is 7.44. The van der Waals surface area contributed by atoms with E-state index in [0.717, 1.165) is 17.0 Å². The Bertz CT molecular complexity index is 612. The lowest BCUT2D eigenvalue weighted by molar-refractivity contribution is -0.126. The van der Waals surface area contributed by atoms with Gasteiger partial charge < -0.3 is 19.6 Å². The molecule has 2 rings (SSSR count). The maximum Gasteiger partial charge on any atom is 0.239 e. The molecule has 0 saturated carbocycles. The van der Waals surface area contributed by atoms with Crippen LogP contribution in [0.4, 0.5) is 0 Å². The Kier molecular flexibility index (Phi) is 5.35. The summed E-state index contributed by atoms with van der Waals surface area (Å²) >= 11 is 0. The fraction of sp³-hybridized carbons (Fsp3) is 0.400. The molecular weight excluding hydrogens is 286 g/mol. The lowest BCUT2D eigenvalue weighted by Gasteiger charge is -2.06. The number of carbonyl (C=O) groups excluding carboxylic acids is 2. The Hall–Kier alpha value is -2.57. The summed E-state index contributed by atoms with van der Waals surface area (Å²) in [5, 5.41) is 9.07. The van der Waals surface area contributed by atoms with E-state index < -0.39 is 0 Å². The van der Waals surface area contributed by atoms with Crippen molar-refractivity contribution in [3.05, 3.63) is 41.2 Å². The average molecular weight is 305 g/mol. The predicted molar refractivity (Wildman–Crippen MR) is 77.9 cm³/mol. The van der Waals surface area contributed by atoms with E-state index in [2.05, 4.69) is 15.8 Å². The van der Waals surface area contributed by atoms with Crippen LogP contribution in [0.5, 0.6) is 0 Å². The molecule has 0 bridgehead atoms. The highest BCUT2D eigenvalue weighted by atomic mass is 16.5. The number of hydrogen-bond donors (Lipinski definition) is 2. The van der Waals surface area contributed by atoms with Crippen molar-refractivity contribution in [3.8, 4) is 0 Å². The standard InChI is InChI=1S/C15H19N3O4/c1-10-13(11(2)22-18-10)5-6-14(19)17-9-15(20)16-8-12-4-3-7-21-12/h3-4,7H,5-6,8-9H2,1-2H3,(H,16,20)(H,17,19). The molecule has 118 valence electrons. The van der Waals surface area contributed by atoms with Crippen LogP contribution in [0.15, 0.2) is 27.3 Å². The molecule has 0 saturated heterocycles. The van der Waals surface area contributed by atoms with Gasteiger partial charge in [-0.2, -0.15) is 0 Å². The van der Waals surface area contributed by atoms with E-state index in [1.165, 1.54) is 6.26 Å². The van der Waals surface area contributed by atoms with Crippen LogP contribution >= 0.6 is 0 Å². The third-order valence-electron chi connectivity index (χ3n) is 3.27. The molecule has 2 amide bonds. The fourth-order valence-electron chi connectivity index (χ4n) is 2.03. The smallest absolute Gasteiger partial charge is 0.239 e. The van der Waals surface area contributed by atoms with E-state index in [9.17, 15) is 9.59 Å². The van der Waals surface area contributed by atoms with Crippen molar-refractivity contribution >= 4 is 11.8 Å². The van der Waals surface area contributed by atoms with Crippen LogP contribution < -0.4 is 10.6 Å². The van der Waals surface area contributed by atoms with Gasteiger partial charge in [0.15, 0.2) is 0 Å². The molecule has 2 heterocycles. The normalized spacial score (nSPS) is 10.5. The molecule has 0 aliphatic rings. The van der Waals surface area contributed by atoms with Crippen LogP contribution in [-0.4, -0.2) is 23.5 Å². The number of aromatic nitrogens is 1. The number of furan rings is 1. The molecule has 22 heavy (non-hydrogen) atoms. The Balaban J connectivity index is 1.66. The van der Waals surface area contributed by atoms with E-state index >= 15 is 0 Å². The summed E-state index contributed by atoms with van der Waals surface area (Å²) in [5.74, 6) is 0.940. The average Bonchev–Trinajstić information content (AvgIpc) is 3.12. The van der Waals surface area contributed by atoms with Crippen molar-refractivity contribution in [3.63, 3.8) is 0 Å². The SMILES string of the molecule is Cc1noc(C)c1CCC(=O)NCC(=O)NCc1ccco1. The van der Waals surface area contributed by atoms with Gasteiger partial charge in [0.05, 0.1) is 25.0 Å². The number of carbonyl (C=O) groups is 2. The van der Waals surface area contributed by atoms with Crippen molar-refractivity contribution in [1.29, 1.82) is 0 Å². The number of amides is 2. The van der Waals surface area contributed by atoms with Gasteiger partial charge in [-0.25, -0.2) is 0 Å². The largest absolute Gasteiger partial charge is 0.467 e. The first-order valence-corrected chi connectivity index (χ1v) is 7.04. The van der Waals surface area contributed by atoms with Crippen LogP contribution in [0.1, 0.15) is 29.2 Å². The second-order valence-electron chi connectivity index (χ2n) is 4.94. The molecule has 7 heteroatoms. The molecule has 2 N–H and O–H groups in total. The first kappa shape index (κ1) is 15.8. The summed E-state index contributed by atoms with van der Waals surface area (Å²) in [6, 6.07) is 3.51. The van der Waals surface area contributed by atoms with Gasteiger partial charge in [0.2, 0.25) is 11.8 Å². The summed E-state index contributed by atoms with van der Waals surface area (Å²) in [5.41, 5.74) is 1.74. The van der Waals surface area contributed by atoms with E-state index in [0.29, 0.717) is 18.7 Å². The molecule has 0 unspecified atom stereocenters. The van der Waals surface area contributed by atoms with Crippen LogP contribution in [0.2, 0.25) is 0 Å². The highest BCUT2D eigenvalue weighted by molar-refractivity contribution is 5.84. The molecular formula is C15H19N3O4. The number of rotatable bonds is 7. The van der Waals surface area contributed by atoms with Gasteiger partial charge in [-0.05, 0) is 32.4 Å². The zero-order chi connectivity index (χ0) is 15.9. The molecule has 0 atom stereocenters. The van der Waals surface area contributed by atoms with Gasteiger partial charge in [0.1, 0.15) is 11.5 Å². The zero-order valence-electron chi connectivity index (χ0n) is 12.6. The number of nitrogens with one attached hydrogen (secondary N) is 2. The monoisotopic (exact) mass is 305 g/mol. The summed E-state index contributed by atoms with van der Waals surface area (Å²) in [6.07, 6.45) is 2.37. The Labute approximate surface area is 128 Å². The maximum atomic E-state index is 11.7. The first-order chi connectivity index (χ1) is 10.6. The van der Waals surface area contributed by atoms with Gasteiger partial charge in [-0.15, -0.1) is 0 Å². The summed E-state index contributed by atoms with van der Waals surface area (Å²) < 4.78 is 10.1. The van der Waals surface area contributed by atoms with Gasteiger partial charge in [0.25, 0.3) is 0 Å². The minimum atomic E-state index is -0.262. The van der Waals surface area contributed by atoms with Crippen molar-refractivity contribution in [2.75, 3.05) is 6.54 Å². The predicted octanol–water partition coefficient (Wildman–Crippen LogP) is 1.25. The summed E-state index contributed by atoms with van der Waals surface area (Å²) in [7, 11) is 0. The quantitative estimate of drug-likeness (QED) is 0.802. The van der Waals surface area contributed by atoms with Gasteiger partial charge in [0, 0.05) is 12.0 Å². The molecule has 0 spiro atoms. The number of nitrogens with zero attached hydrogens (tertiary/aromatic N) is 1. The van der Waals surface area contributed by atoms with Gasteiger partial charge in [-0.3, -0.25) is 9.59 Å². The highest BCUT2D eigenvalue weighted by Crippen LogP contribution is 2.13.